The van der Waals surface area contributed by atoms with E-state index < -0.39 is 17.8 Å². The van der Waals surface area contributed by atoms with Gasteiger partial charge in [-0.1, -0.05) is 6.92 Å². The molecule has 10 heteroatoms. The highest BCUT2D eigenvalue weighted by Gasteiger charge is 2.37. The number of nitrogens with zero attached hydrogens (tertiary/aromatic N) is 5. The van der Waals surface area contributed by atoms with Crippen LogP contribution in [0.25, 0.3) is 11.2 Å². The fourth-order valence-electron chi connectivity index (χ4n) is 2.22. The average Bonchev–Trinajstić information content (AvgIpc) is 2.87. The lowest BCUT2D eigenvalue weighted by atomic mass is 10.3. The van der Waals surface area contributed by atoms with E-state index >= 15 is 0 Å². The molecule has 0 fully saturated rings. The Morgan fingerprint density at radius 2 is 2.04 bits per heavy atom. The van der Waals surface area contributed by atoms with Gasteiger partial charge in [0, 0.05) is 13.6 Å². The molecule has 0 spiro atoms. The quantitative estimate of drug-likeness (QED) is 0.747. The molecular formula is C14H18F3N5O2. The third-order valence-corrected chi connectivity index (χ3v) is 3.22. The Kier molecular flexibility index (Phi) is 5.25. The fraction of sp³-hybridized carbons (Fsp3) is 0.571. The van der Waals surface area contributed by atoms with Crippen LogP contribution in [0, 0.1) is 0 Å². The van der Waals surface area contributed by atoms with Crippen LogP contribution in [-0.2, 0) is 22.8 Å². The lowest BCUT2D eigenvalue weighted by Crippen LogP contribution is -2.33. The van der Waals surface area contributed by atoms with Gasteiger partial charge in [-0.25, -0.2) is 9.97 Å². The van der Waals surface area contributed by atoms with Crippen LogP contribution in [-0.4, -0.2) is 45.2 Å². The summed E-state index contributed by atoms with van der Waals surface area (Å²) in [5.74, 6) is -0.721. The number of aryl methyl sites for hydroxylation is 1. The molecule has 0 N–H and O–H groups in total. The molecule has 2 aromatic rings. The number of rotatable bonds is 6. The van der Waals surface area contributed by atoms with Gasteiger partial charge in [-0.05, 0) is 13.3 Å². The van der Waals surface area contributed by atoms with Crippen molar-refractivity contribution in [1.29, 1.82) is 0 Å². The summed E-state index contributed by atoms with van der Waals surface area (Å²) in [6.45, 7) is 3.78. The summed E-state index contributed by atoms with van der Waals surface area (Å²) in [7, 11) is 1.54. The number of carbonyl (C=O) groups is 1. The van der Waals surface area contributed by atoms with Crippen molar-refractivity contribution in [2.45, 2.75) is 26.4 Å². The van der Waals surface area contributed by atoms with Gasteiger partial charge in [-0.2, -0.15) is 18.2 Å². The number of hydrogen-bond acceptors (Lipinski definition) is 6. The summed E-state index contributed by atoms with van der Waals surface area (Å²) in [6, 6.07) is 0. The molecule has 0 atom stereocenters. The number of aromatic nitrogens is 4. The summed E-state index contributed by atoms with van der Waals surface area (Å²) < 4.78 is 46.1. The molecular weight excluding hydrogens is 327 g/mol. The predicted octanol–water partition coefficient (Wildman–Crippen LogP) is 2.16. The van der Waals surface area contributed by atoms with Crippen molar-refractivity contribution in [3.63, 3.8) is 0 Å². The third-order valence-electron chi connectivity index (χ3n) is 3.22. The van der Waals surface area contributed by atoms with Crippen LogP contribution < -0.4 is 4.90 Å². The number of alkyl halides is 3. The molecule has 2 heterocycles. The minimum absolute atomic E-state index is 0.0530. The molecule has 0 saturated carbocycles. The minimum atomic E-state index is -4.67. The number of anilines is 1. The molecule has 2 aromatic heterocycles. The first-order valence-corrected chi connectivity index (χ1v) is 7.44. The van der Waals surface area contributed by atoms with Crippen molar-refractivity contribution in [2.75, 3.05) is 24.6 Å². The number of imidazole rings is 1. The maximum atomic E-state index is 13.3. The van der Waals surface area contributed by atoms with Gasteiger partial charge >= 0.3 is 12.1 Å². The third kappa shape index (κ3) is 3.74. The predicted molar refractivity (Wildman–Crippen MR) is 80.4 cm³/mol. The van der Waals surface area contributed by atoms with Gasteiger partial charge < -0.3 is 14.2 Å². The highest BCUT2D eigenvalue weighted by molar-refractivity contribution is 5.78. The van der Waals surface area contributed by atoms with E-state index in [1.54, 1.807) is 14.0 Å². The zero-order chi connectivity index (χ0) is 17.9. The first-order chi connectivity index (χ1) is 11.3. The van der Waals surface area contributed by atoms with Crippen molar-refractivity contribution >= 4 is 23.1 Å². The second-order valence-corrected chi connectivity index (χ2v) is 5.12. The first-order valence-electron chi connectivity index (χ1n) is 7.44. The van der Waals surface area contributed by atoms with Gasteiger partial charge in [0.15, 0.2) is 11.3 Å². The molecule has 0 aliphatic rings. The van der Waals surface area contributed by atoms with Crippen molar-refractivity contribution in [3.8, 4) is 0 Å². The van der Waals surface area contributed by atoms with Crippen LogP contribution in [0.2, 0.25) is 0 Å². The molecule has 0 bridgehead atoms. The minimum Gasteiger partial charge on any atom is -0.465 e. The summed E-state index contributed by atoms with van der Waals surface area (Å²) in [5.41, 5.74) is -1.38. The van der Waals surface area contributed by atoms with Crippen LogP contribution in [0.15, 0.2) is 6.33 Å². The second kappa shape index (κ2) is 7.02. The van der Waals surface area contributed by atoms with E-state index in [4.69, 9.17) is 4.74 Å². The number of carbonyl (C=O) groups excluding carboxylic acids is 1. The van der Waals surface area contributed by atoms with E-state index in [-0.39, 0.29) is 30.3 Å². The smallest absolute Gasteiger partial charge is 0.435 e. The second-order valence-electron chi connectivity index (χ2n) is 5.12. The number of esters is 1. The monoisotopic (exact) mass is 345 g/mol. The fourth-order valence-corrected chi connectivity index (χ4v) is 2.22. The lowest BCUT2D eigenvalue weighted by molar-refractivity contribution is -0.141. The van der Waals surface area contributed by atoms with E-state index in [1.165, 1.54) is 15.8 Å². The van der Waals surface area contributed by atoms with E-state index in [1.807, 2.05) is 6.92 Å². The Bertz CT molecular complexity index is 729. The van der Waals surface area contributed by atoms with Crippen molar-refractivity contribution in [1.82, 2.24) is 19.5 Å². The Balaban J connectivity index is 2.52. The Morgan fingerprint density at radius 1 is 1.33 bits per heavy atom. The molecule has 0 radical (unpaired) electrons. The number of halogens is 3. The maximum Gasteiger partial charge on any atom is 0.435 e. The van der Waals surface area contributed by atoms with E-state index in [2.05, 4.69) is 15.0 Å². The summed E-state index contributed by atoms with van der Waals surface area (Å²) in [5, 5.41) is 0. The standard InChI is InChI=1S/C14H18F3N5O2/c1-4-6-22(7-9(23)24-5-2)13-19-11(14(15,16)17)10-12(20-13)21(3)8-18-10/h8H,4-7H2,1-3H3. The molecule has 0 aliphatic heterocycles. The van der Waals surface area contributed by atoms with Crippen molar-refractivity contribution < 1.29 is 22.7 Å². The SMILES string of the molecule is CCCN(CC(=O)OCC)c1nc(C(F)(F)F)c2ncn(C)c2n1. The van der Waals surface area contributed by atoms with Crippen molar-refractivity contribution in [2.24, 2.45) is 7.05 Å². The van der Waals surface area contributed by atoms with Gasteiger partial charge in [-0.15, -0.1) is 0 Å². The van der Waals surface area contributed by atoms with Gasteiger partial charge in [0.1, 0.15) is 12.1 Å². The van der Waals surface area contributed by atoms with Crippen LogP contribution >= 0.6 is 0 Å². The van der Waals surface area contributed by atoms with Crippen molar-refractivity contribution in [3.05, 3.63) is 12.0 Å². The number of hydrogen-bond donors (Lipinski definition) is 0. The molecule has 0 saturated heterocycles. The molecule has 132 valence electrons. The summed E-state index contributed by atoms with van der Waals surface area (Å²) in [4.78, 5) is 24.6. The maximum absolute atomic E-state index is 13.3. The van der Waals surface area contributed by atoms with Gasteiger partial charge in [0.05, 0.1) is 12.9 Å². The largest absolute Gasteiger partial charge is 0.465 e. The first kappa shape index (κ1) is 18.0. The van der Waals surface area contributed by atoms with E-state index in [9.17, 15) is 18.0 Å². The summed E-state index contributed by atoms with van der Waals surface area (Å²) >= 11 is 0. The summed E-state index contributed by atoms with van der Waals surface area (Å²) in [6.07, 6.45) is -2.83. The highest BCUT2D eigenvalue weighted by Crippen LogP contribution is 2.33. The molecule has 0 aliphatic carbocycles. The highest BCUT2D eigenvalue weighted by atomic mass is 19.4. The average molecular weight is 345 g/mol. The van der Waals surface area contributed by atoms with Crippen LogP contribution in [0.5, 0.6) is 0 Å². The molecule has 0 aromatic carbocycles. The molecule has 0 unspecified atom stereocenters. The van der Waals surface area contributed by atoms with Gasteiger partial charge in [0.2, 0.25) is 5.95 Å². The Hall–Kier alpha value is -2.39. The molecule has 0 amide bonds. The van der Waals surface area contributed by atoms with Crippen LogP contribution in [0.4, 0.5) is 19.1 Å². The number of fused-ring (bicyclic) bond motifs is 1. The number of ether oxygens (including phenoxy) is 1. The Labute approximate surface area is 136 Å². The normalized spacial score (nSPS) is 11.8. The molecule has 24 heavy (non-hydrogen) atoms. The Morgan fingerprint density at radius 3 is 2.62 bits per heavy atom. The molecule has 7 nitrogen and oxygen atoms in total. The van der Waals surface area contributed by atoms with Crippen LogP contribution in [0.3, 0.4) is 0 Å². The topological polar surface area (TPSA) is 73.1 Å². The lowest BCUT2D eigenvalue weighted by Gasteiger charge is -2.22. The zero-order valence-electron chi connectivity index (χ0n) is 13.6. The van der Waals surface area contributed by atoms with E-state index in [0.717, 1.165) is 0 Å². The van der Waals surface area contributed by atoms with Gasteiger partial charge in [-0.3, -0.25) is 4.79 Å². The van der Waals surface area contributed by atoms with E-state index in [0.29, 0.717) is 13.0 Å². The molecule has 2 rings (SSSR count). The van der Waals surface area contributed by atoms with Crippen LogP contribution in [0.1, 0.15) is 26.0 Å². The van der Waals surface area contributed by atoms with Gasteiger partial charge in [0.25, 0.3) is 0 Å². The zero-order valence-corrected chi connectivity index (χ0v) is 13.6.